The number of rotatable bonds is 10. The van der Waals surface area contributed by atoms with Crippen molar-refractivity contribution in [2.75, 3.05) is 6.54 Å². The maximum absolute atomic E-state index is 13.5. The molecule has 1 aliphatic heterocycles. The molecule has 3 aromatic rings. The van der Waals surface area contributed by atoms with Crippen LogP contribution in [0.25, 0.3) is 0 Å². The van der Waals surface area contributed by atoms with E-state index in [1.807, 2.05) is 35.2 Å². The predicted octanol–water partition coefficient (Wildman–Crippen LogP) is 8.30. The first-order valence-corrected chi connectivity index (χ1v) is 13.4. The van der Waals surface area contributed by atoms with Crippen molar-refractivity contribution in [1.82, 2.24) is 4.90 Å². The van der Waals surface area contributed by atoms with Crippen molar-refractivity contribution in [2.24, 2.45) is 0 Å². The fourth-order valence-corrected chi connectivity index (χ4v) is 5.43. The second kappa shape index (κ2) is 12.6. The molecule has 3 heteroatoms. The highest BCUT2D eigenvalue weighted by molar-refractivity contribution is 5.70. The zero-order valence-electron chi connectivity index (χ0n) is 21.7. The standard InChI is InChI=1S/C33H39NO2/c1-3-4-5-9-16-27(2)23-31-24-33(29-19-12-7-13-20-29,30-21-14-8-15-22-30)26-34(31)32(35)36-25-28-17-10-6-11-18-28/h6-8,10-15,17-23,31H,3-5,9,16,24-26H2,1-2H3/b27-23-/t31-/m0/s1. The van der Waals surface area contributed by atoms with Crippen LogP contribution in [0.15, 0.2) is 103 Å². The molecule has 1 heterocycles. The average Bonchev–Trinajstić information content (AvgIpc) is 3.32. The molecule has 0 aliphatic carbocycles. The summed E-state index contributed by atoms with van der Waals surface area (Å²) in [6.07, 6.45) is 8.97. The molecule has 0 aromatic heterocycles. The van der Waals surface area contributed by atoms with E-state index >= 15 is 0 Å². The highest BCUT2D eigenvalue weighted by Crippen LogP contribution is 2.44. The molecule has 0 saturated carbocycles. The van der Waals surface area contributed by atoms with Gasteiger partial charge in [0.25, 0.3) is 0 Å². The largest absolute Gasteiger partial charge is 0.445 e. The van der Waals surface area contributed by atoms with E-state index in [2.05, 4.69) is 80.6 Å². The fourth-order valence-electron chi connectivity index (χ4n) is 5.43. The van der Waals surface area contributed by atoms with Gasteiger partial charge in [-0.25, -0.2) is 4.79 Å². The van der Waals surface area contributed by atoms with Gasteiger partial charge in [-0.3, -0.25) is 0 Å². The monoisotopic (exact) mass is 481 g/mol. The minimum atomic E-state index is -0.280. The number of benzene rings is 3. The van der Waals surface area contributed by atoms with Crippen molar-refractivity contribution in [3.63, 3.8) is 0 Å². The van der Waals surface area contributed by atoms with Crippen molar-refractivity contribution in [3.05, 3.63) is 119 Å². The Bertz CT molecular complexity index is 1070. The number of allylic oxidation sites excluding steroid dienone is 1. The second-order valence-electron chi connectivity index (χ2n) is 10.1. The molecule has 0 bridgehead atoms. The number of hydrogen-bond acceptors (Lipinski definition) is 2. The van der Waals surface area contributed by atoms with E-state index in [-0.39, 0.29) is 24.2 Å². The Morgan fingerprint density at radius 2 is 1.47 bits per heavy atom. The molecule has 4 rings (SSSR count). The van der Waals surface area contributed by atoms with Gasteiger partial charge in [-0.15, -0.1) is 0 Å². The summed E-state index contributed by atoms with van der Waals surface area (Å²) in [4.78, 5) is 15.5. The van der Waals surface area contributed by atoms with Gasteiger partial charge in [0, 0.05) is 12.0 Å². The normalized spacial score (nSPS) is 17.2. The highest BCUT2D eigenvalue weighted by Gasteiger charge is 2.48. The van der Waals surface area contributed by atoms with E-state index < -0.39 is 0 Å². The summed E-state index contributed by atoms with van der Waals surface area (Å²) in [7, 11) is 0. The Labute approximate surface area is 216 Å². The Balaban J connectivity index is 1.63. The molecule has 1 saturated heterocycles. The third kappa shape index (κ3) is 6.26. The molecule has 188 valence electrons. The van der Waals surface area contributed by atoms with Crippen LogP contribution >= 0.6 is 0 Å². The molecule has 1 fully saturated rings. The SMILES string of the molecule is CCCCCC/C(C)=C\[C@H]1CC(c2ccccc2)(c2ccccc2)CN1C(=O)OCc1ccccc1. The number of carbonyl (C=O) groups is 1. The van der Waals surface area contributed by atoms with Crippen LogP contribution in [0, 0.1) is 0 Å². The van der Waals surface area contributed by atoms with Crippen LogP contribution in [-0.2, 0) is 16.8 Å². The van der Waals surface area contributed by atoms with Gasteiger partial charge in [0.15, 0.2) is 0 Å². The summed E-state index contributed by atoms with van der Waals surface area (Å²) in [5.41, 5.74) is 4.57. The minimum absolute atomic E-state index is 0.0140. The van der Waals surface area contributed by atoms with Crippen LogP contribution in [0.4, 0.5) is 4.79 Å². The molecule has 0 radical (unpaired) electrons. The first kappa shape index (κ1) is 25.8. The van der Waals surface area contributed by atoms with E-state index in [1.165, 1.54) is 42.4 Å². The van der Waals surface area contributed by atoms with Crippen LogP contribution in [-0.4, -0.2) is 23.6 Å². The molecule has 3 aromatic carbocycles. The number of amides is 1. The summed E-state index contributed by atoms with van der Waals surface area (Å²) in [5, 5.41) is 0. The Morgan fingerprint density at radius 3 is 2.06 bits per heavy atom. The minimum Gasteiger partial charge on any atom is -0.445 e. The highest BCUT2D eigenvalue weighted by atomic mass is 16.6. The smallest absolute Gasteiger partial charge is 0.410 e. The van der Waals surface area contributed by atoms with Gasteiger partial charge in [0.1, 0.15) is 6.61 Å². The number of unbranched alkanes of at least 4 members (excludes halogenated alkanes) is 3. The zero-order chi connectivity index (χ0) is 25.2. The van der Waals surface area contributed by atoms with Crippen LogP contribution in [0.3, 0.4) is 0 Å². The molecule has 0 unspecified atom stereocenters. The average molecular weight is 482 g/mol. The van der Waals surface area contributed by atoms with Crippen LogP contribution < -0.4 is 0 Å². The third-order valence-electron chi connectivity index (χ3n) is 7.39. The van der Waals surface area contributed by atoms with E-state index in [0.29, 0.717) is 6.54 Å². The molecular weight excluding hydrogens is 442 g/mol. The maximum atomic E-state index is 13.5. The summed E-state index contributed by atoms with van der Waals surface area (Å²) in [6.45, 7) is 5.34. The number of ether oxygens (including phenoxy) is 1. The molecular formula is C33H39NO2. The lowest BCUT2D eigenvalue weighted by molar-refractivity contribution is 0.0962. The number of carbonyl (C=O) groups excluding carboxylic acids is 1. The first-order chi connectivity index (χ1) is 17.6. The molecule has 36 heavy (non-hydrogen) atoms. The van der Waals surface area contributed by atoms with Gasteiger partial charge in [-0.2, -0.15) is 0 Å². The van der Waals surface area contributed by atoms with Crippen molar-refractivity contribution in [3.8, 4) is 0 Å². The number of nitrogens with zero attached hydrogens (tertiary/aromatic N) is 1. The number of likely N-dealkylation sites (tertiary alicyclic amines) is 1. The lowest BCUT2D eigenvalue weighted by Crippen LogP contribution is -2.37. The van der Waals surface area contributed by atoms with E-state index in [4.69, 9.17) is 4.74 Å². The van der Waals surface area contributed by atoms with Crippen molar-refractivity contribution >= 4 is 6.09 Å². The van der Waals surface area contributed by atoms with Crippen molar-refractivity contribution in [2.45, 2.75) is 70.4 Å². The lowest BCUT2D eigenvalue weighted by atomic mass is 9.73. The molecule has 3 nitrogen and oxygen atoms in total. The van der Waals surface area contributed by atoms with E-state index in [0.717, 1.165) is 18.4 Å². The maximum Gasteiger partial charge on any atom is 0.410 e. The molecule has 1 amide bonds. The third-order valence-corrected chi connectivity index (χ3v) is 7.39. The number of hydrogen-bond donors (Lipinski definition) is 0. The van der Waals surface area contributed by atoms with Gasteiger partial charge < -0.3 is 9.64 Å². The molecule has 0 spiro atoms. The lowest BCUT2D eigenvalue weighted by Gasteiger charge is -2.30. The molecule has 1 aliphatic rings. The van der Waals surface area contributed by atoms with Gasteiger partial charge in [0.2, 0.25) is 0 Å². The van der Waals surface area contributed by atoms with Gasteiger partial charge in [-0.1, -0.05) is 129 Å². The quantitative estimate of drug-likeness (QED) is 0.215. The topological polar surface area (TPSA) is 29.5 Å². The Morgan fingerprint density at radius 1 is 0.889 bits per heavy atom. The van der Waals surface area contributed by atoms with Gasteiger partial charge in [0.05, 0.1) is 6.04 Å². The predicted molar refractivity (Wildman–Crippen MR) is 148 cm³/mol. The molecule has 0 N–H and O–H groups in total. The fraction of sp³-hybridized carbons (Fsp3) is 0.364. The van der Waals surface area contributed by atoms with Gasteiger partial charge in [-0.05, 0) is 42.9 Å². The zero-order valence-corrected chi connectivity index (χ0v) is 21.7. The van der Waals surface area contributed by atoms with Gasteiger partial charge >= 0.3 is 6.09 Å². The summed E-state index contributed by atoms with van der Waals surface area (Å²) >= 11 is 0. The summed E-state index contributed by atoms with van der Waals surface area (Å²) < 4.78 is 5.86. The van der Waals surface area contributed by atoms with Crippen LogP contribution in [0.5, 0.6) is 0 Å². The molecule has 1 atom stereocenters. The van der Waals surface area contributed by atoms with Crippen molar-refractivity contribution < 1.29 is 9.53 Å². The second-order valence-corrected chi connectivity index (χ2v) is 10.1. The Hall–Kier alpha value is -3.33. The van der Waals surface area contributed by atoms with Crippen LogP contribution in [0.1, 0.15) is 69.1 Å². The summed E-state index contributed by atoms with van der Waals surface area (Å²) in [6, 6.07) is 31.2. The van der Waals surface area contributed by atoms with Crippen molar-refractivity contribution in [1.29, 1.82) is 0 Å². The van der Waals surface area contributed by atoms with E-state index in [9.17, 15) is 4.79 Å². The van der Waals surface area contributed by atoms with E-state index in [1.54, 1.807) is 0 Å². The Kier molecular flexibility index (Phi) is 9.00. The summed E-state index contributed by atoms with van der Waals surface area (Å²) in [5.74, 6) is 0. The van der Waals surface area contributed by atoms with Crippen LogP contribution in [0.2, 0.25) is 0 Å². The first-order valence-electron chi connectivity index (χ1n) is 13.4.